The lowest BCUT2D eigenvalue weighted by molar-refractivity contribution is 0.242. The highest BCUT2D eigenvalue weighted by atomic mass is 32.1. The highest BCUT2D eigenvalue weighted by Gasteiger charge is 2.00. The summed E-state index contributed by atoms with van der Waals surface area (Å²) in [6.45, 7) is 5.93. The number of ether oxygens (including phenoxy) is 1. The van der Waals surface area contributed by atoms with Gasteiger partial charge in [0.2, 0.25) is 0 Å². The summed E-state index contributed by atoms with van der Waals surface area (Å²) in [5.41, 5.74) is 4.64. The van der Waals surface area contributed by atoms with Crippen LogP contribution >= 0.6 is 12.2 Å². The van der Waals surface area contributed by atoms with E-state index >= 15 is 0 Å². The maximum atomic E-state index is 5.58. The molecule has 0 aliphatic carbocycles. The van der Waals surface area contributed by atoms with Crippen molar-refractivity contribution < 1.29 is 4.74 Å². The molecule has 0 heterocycles. The zero-order chi connectivity index (χ0) is 13.5. The topological polar surface area (TPSA) is 45.7 Å². The van der Waals surface area contributed by atoms with E-state index in [-0.39, 0.29) is 6.10 Å². The van der Waals surface area contributed by atoms with Gasteiger partial charge in [-0.05, 0) is 62.8 Å². The Balaban J connectivity index is 2.69. The van der Waals surface area contributed by atoms with Crippen LogP contribution < -0.4 is 15.5 Å². The molecule has 1 aromatic carbocycles. The summed E-state index contributed by atoms with van der Waals surface area (Å²) in [5.74, 6) is 0.861. The SMILES string of the molecule is CNC(=S)N/N=C(/C)c1ccc(OC(C)C)cc1. The van der Waals surface area contributed by atoms with Crippen LogP contribution in [0.25, 0.3) is 0 Å². The molecule has 0 bridgehead atoms. The van der Waals surface area contributed by atoms with Crippen molar-refractivity contribution in [3.05, 3.63) is 29.8 Å². The third-order valence-corrected chi connectivity index (χ3v) is 2.49. The molecule has 0 amide bonds. The molecule has 0 saturated carbocycles. The fraction of sp³-hybridized carbons (Fsp3) is 0.385. The van der Waals surface area contributed by atoms with Gasteiger partial charge in [-0.2, -0.15) is 5.10 Å². The monoisotopic (exact) mass is 265 g/mol. The van der Waals surface area contributed by atoms with Crippen LogP contribution in [-0.2, 0) is 0 Å². The average molecular weight is 265 g/mol. The second kappa shape index (κ2) is 6.96. The number of nitrogens with zero attached hydrogens (tertiary/aromatic N) is 1. The molecule has 2 N–H and O–H groups in total. The van der Waals surface area contributed by atoms with E-state index in [0.717, 1.165) is 17.0 Å². The minimum absolute atomic E-state index is 0.181. The van der Waals surface area contributed by atoms with Gasteiger partial charge in [-0.25, -0.2) is 0 Å². The van der Waals surface area contributed by atoms with E-state index < -0.39 is 0 Å². The van der Waals surface area contributed by atoms with E-state index in [1.807, 2.05) is 45.0 Å². The van der Waals surface area contributed by atoms with Gasteiger partial charge in [0.05, 0.1) is 11.8 Å². The third kappa shape index (κ3) is 4.71. The molecule has 0 aliphatic rings. The van der Waals surface area contributed by atoms with Gasteiger partial charge in [-0.1, -0.05) is 0 Å². The van der Waals surface area contributed by atoms with Gasteiger partial charge >= 0.3 is 0 Å². The number of hydrazone groups is 1. The lowest BCUT2D eigenvalue weighted by Crippen LogP contribution is -2.29. The summed E-state index contributed by atoms with van der Waals surface area (Å²) in [6, 6.07) is 7.82. The molecule has 4 nitrogen and oxygen atoms in total. The van der Waals surface area contributed by atoms with E-state index in [1.54, 1.807) is 7.05 Å². The van der Waals surface area contributed by atoms with E-state index in [9.17, 15) is 0 Å². The Bertz CT molecular complexity index is 426. The van der Waals surface area contributed by atoms with Crippen LogP contribution in [0, 0.1) is 0 Å². The Morgan fingerprint density at radius 3 is 2.39 bits per heavy atom. The molecule has 1 aromatic rings. The maximum absolute atomic E-state index is 5.58. The molecule has 0 radical (unpaired) electrons. The van der Waals surface area contributed by atoms with Gasteiger partial charge in [0.1, 0.15) is 5.75 Å². The summed E-state index contributed by atoms with van der Waals surface area (Å²) < 4.78 is 5.58. The van der Waals surface area contributed by atoms with Crippen LogP contribution in [0.15, 0.2) is 29.4 Å². The van der Waals surface area contributed by atoms with Crippen molar-refractivity contribution in [1.29, 1.82) is 0 Å². The van der Waals surface area contributed by atoms with Gasteiger partial charge < -0.3 is 10.1 Å². The van der Waals surface area contributed by atoms with Crippen molar-refractivity contribution in [2.75, 3.05) is 7.05 Å². The summed E-state index contributed by atoms with van der Waals surface area (Å²) in [6.07, 6.45) is 0.181. The average Bonchev–Trinajstić information content (AvgIpc) is 2.35. The van der Waals surface area contributed by atoms with Gasteiger partial charge in [-0.3, -0.25) is 5.43 Å². The molecule has 0 saturated heterocycles. The van der Waals surface area contributed by atoms with Crippen LogP contribution in [0.2, 0.25) is 0 Å². The Hall–Kier alpha value is -1.62. The Morgan fingerprint density at radius 1 is 1.28 bits per heavy atom. The summed E-state index contributed by atoms with van der Waals surface area (Å²) in [7, 11) is 1.75. The predicted molar refractivity (Wildman–Crippen MR) is 79.2 cm³/mol. The van der Waals surface area contributed by atoms with Crippen molar-refractivity contribution in [3.8, 4) is 5.75 Å². The lowest BCUT2D eigenvalue weighted by Gasteiger charge is -2.10. The number of benzene rings is 1. The lowest BCUT2D eigenvalue weighted by atomic mass is 10.1. The first-order valence-corrected chi connectivity index (χ1v) is 6.23. The van der Waals surface area contributed by atoms with Crippen molar-refractivity contribution in [3.63, 3.8) is 0 Å². The maximum Gasteiger partial charge on any atom is 0.186 e. The number of rotatable bonds is 4. The second-order valence-corrected chi connectivity index (χ2v) is 4.49. The Kier molecular flexibility index (Phi) is 5.58. The van der Waals surface area contributed by atoms with Gasteiger partial charge in [0.15, 0.2) is 5.11 Å². The number of hydrogen-bond donors (Lipinski definition) is 2. The quantitative estimate of drug-likeness (QED) is 0.498. The Morgan fingerprint density at radius 2 is 1.89 bits per heavy atom. The molecule has 0 aromatic heterocycles. The zero-order valence-corrected chi connectivity index (χ0v) is 12.0. The predicted octanol–water partition coefficient (Wildman–Crippen LogP) is 2.29. The number of nitrogens with one attached hydrogen (secondary N) is 2. The van der Waals surface area contributed by atoms with Gasteiger partial charge in [0.25, 0.3) is 0 Å². The molecule has 1 rings (SSSR count). The van der Waals surface area contributed by atoms with Gasteiger partial charge in [0, 0.05) is 7.05 Å². The largest absolute Gasteiger partial charge is 0.491 e. The summed E-state index contributed by atoms with van der Waals surface area (Å²) in [5, 5.41) is 7.47. The molecule has 5 heteroatoms. The van der Waals surface area contributed by atoms with Crippen LogP contribution in [0.4, 0.5) is 0 Å². The molecular formula is C13H19N3OS. The molecular weight excluding hydrogens is 246 g/mol. The second-order valence-electron chi connectivity index (χ2n) is 4.08. The van der Waals surface area contributed by atoms with Crippen molar-refractivity contribution >= 4 is 23.0 Å². The third-order valence-electron chi connectivity index (χ3n) is 2.20. The normalized spacial score (nSPS) is 11.3. The number of hydrogen-bond acceptors (Lipinski definition) is 3. The fourth-order valence-electron chi connectivity index (χ4n) is 1.30. The van der Waals surface area contributed by atoms with Crippen LogP contribution in [-0.4, -0.2) is 24.0 Å². The zero-order valence-electron chi connectivity index (χ0n) is 11.2. The first-order chi connectivity index (χ1) is 8.52. The van der Waals surface area contributed by atoms with Crippen LogP contribution in [0.3, 0.4) is 0 Å². The standard InChI is InChI=1S/C13H19N3OS/c1-9(2)17-12-7-5-11(6-8-12)10(3)15-16-13(18)14-4/h5-9H,1-4H3,(H2,14,16,18)/b15-10-. The Labute approximate surface area is 113 Å². The smallest absolute Gasteiger partial charge is 0.186 e. The van der Waals surface area contributed by atoms with Crippen LogP contribution in [0.5, 0.6) is 5.75 Å². The van der Waals surface area contributed by atoms with E-state index in [4.69, 9.17) is 17.0 Å². The van der Waals surface area contributed by atoms with E-state index in [1.165, 1.54) is 0 Å². The molecule has 18 heavy (non-hydrogen) atoms. The van der Waals surface area contributed by atoms with E-state index in [0.29, 0.717) is 5.11 Å². The highest BCUT2D eigenvalue weighted by Crippen LogP contribution is 2.14. The minimum atomic E-state index is 0.181. The van der Waals surface area contributed by atoms with Crippen molar-refractivity contribution in [1.82, 2.24) is 10.7 Å². The van der Waals surface area contributed by atoms with Crippen molar-refractivity contribution in [2.24, 2.45) is 5.10 Å². The van der Waals surface area contributed by atoms with Crippen molar-refractivity contribution in [2.45, 2.75) is 26.9 Å². The fourth-order valence-corrected chi connectivity index (χ4v) is 1.35. The number of thiocarbonyl (C=S) groups is 1. The molecule has 0 atom stereocenters. The molecule has 0 spiro atoms. The summed E-state index contributed by atoms with van der Waals surface area (Å²) >= 11 is 4.94. The van der Waals surface area contributed by atoms with Gasteiger partial charge in [-0.15, -0.1) is 0 Å². The van der Waals surface area contributed by atoms with E-state index in [2.05, 4.69) is 15.8 Å². The first-order valence-electron chi connectivity index (χ1n) is 5.82. The minimum Gasteiger partial charge on any atom is -0.491 e. The highest BCUT2D eigenvalue weighted by molar-refractivity contribution is 7.80. The van der Waals surface area contributed by atoms with Crippen LogP contribution in [0.1, 0.15) is 26.3 Å². The molecule has 0 unspecified atom stereocenters. The summed E-state index contributed by atoms with van der Waals surface area (Å²) in [4.78, 5) is 0. The molecule has 0 fully saturated rings. The molecule has 98 valence electrons. The molecule has 0 aliphatic heterocycles. The first kappa shape index (κ1) is 14.4.